The van der Waals surface area contributed by atoms with Crippen LogP contribution >= 0.6 is 0 Å². The summed E-state index contributed by atoms with van der Waals surface area (Å²) in [4.78, 5) is 10.1. The molecule has 0 amide bonds. The van der Waals surface area contributed by atoms with E-state index >= 15 is 0 Å². The molecule has 0 aromatic rings. The lowest BCUT2D eigenvalue weighted by molar-refractivity contribution is -0.138. The highest BCUT2D eigenvalue weighted by Crippen LogP contribution is 2.02. The summed E-state index contributed by atoms with van der Waals surface area (Å²) >= 11 is 0. The molecule has 0 saturated heterocycles. The number of carboxylic acid groups (broad SMARTS) is 1. The fraction of sp³-hybridized carbons (Fsp3) is 0.889. The molecule has 0 aromatic carbocycles. The maximum atomic E-state index is 10.1. The minimum absolute atomic E-state index is 0.113. The van der Waals surface area contributed by atoms with Crippen molar-refractivity contribution < 1.29 is 14.6 Å². The molecule has 0 aliphatic carbocycles. The van der Waals surface area contributed by atoms with Gasteiger partial charge in [-0.2, -0.15) is 0 Å². The maximum absolute atomic E-state index is 10.1. The van der Waals surface area contributed by atoms with Crippen LogP contribution in [0.25, 0.3) is 0 Å². The van der Waals surface area contributed by atoms with E-state index in [1.165, 1.54) is 0 Å². The molecule has 0 aliphatic rings. The van der Waals surface area contributed by atoms with Crippen LogP contribution in [-0.2, 0) is 9.53 Å². The number of ether oxygens (including phenoxy) is 1. The van der Waals surface area contributed by atoms with Gasteiger partial charge in [0.05, 0.1) is 13.0 Å². The predicted octanol–water partition coefficient (Wildman–Crippen LogP) is 1.91. The first-order valence-electron chi connectivity index (χ1n) is 4.42. The van der Waals surface area contributed by atoms with Crippen LogP contribution in [0.1, 0.15) is 33.1 Å². The SMILES string of the molecule is CC(C)CCCOCCC(=O)O. The second kappa shape index (κ2) is 7.10. The monoisotopic (exact) mass is 174 g/mol. The van der Waals surface area contributed by atoms with E-state index in [0.29, 0.717) is 19.1 Å². The van der Waals surface area contributed by atoms with Gasteiger partial charge in [0.2, 0.25) is 0 Å². The Kier molecular flexibility index (Phi) is 6.76. The van der Waals surface area contributed by atoms with Gasteiger partial charge >= 0.3 is 5.97 Å². The number of hydrogen-bond acceptors (Lipinski definition) is 2. The van der Waals surface area contributed by atoms with E-state index in [0.717, 1.165) is 12.8 Å². The van der Waals surface area contributed by atoms with Crippen molar-refractivity contribution in [2.45, 2.75) is 33.1 Å². The van der Waals surface area contributed by atoms with E-state index in [2.05, 4.69) is 13.8 Å². The van der Waals surface area contributed by atoms with Crippen LogP contribution < -0.4 is 0 Å². The first kappa shape index (κ1) is 11.4. The van der Waals surface area contributed by atoms with Crippen LogP contribution in [-0.4, -0.2) is 24.3 Å². The van der Waals surface area contributed by atoms with Crippen LogP contribution in [0.5, 0.6) is 0 Å². The second-order valence-corrected chi connectivity index (χ2v) is 3.29. The van der Waals surface area contributed by atoms with Gasteiger partial charge < -0.3 is 9.84 Å². The minimum Gasteiger partial charge on any atom is -0.481 e. The number of carboxylic acids is 1. The molecular formula is C9H18O3. The average molecular weight is 174 g/mol. The van der Waals surface area contributed by atoms with Crippen molar-refractivity contribution in [3.05, 3.63) is 0 Å². The van der Waals surface area contributed by atoms with Gasteiger partial charge in [0.1, 0.15) is 0 Å². The molecule has 0 unspecified atom stereocenters. The quantitative estimate of drug-likeness (QED) is 0.600. The molecule has 3 nitrogen and oxygen atoms in total. The Morgan fingerprint density at radius 3 is 2.58 bits per heavy atom. The van der Waals surface area contributed by atoms with E-state index in [4.69, 9.17) is 9.84 Å². The lowest BCUT2D eigenvalue weighted by Gasteiger charge is -2.04. The molecule has 0 rings (SSSR count). The van der Waals surface area contributed by atoms with Gasteiger partial charge in [-0.15, -0.1) is 0 Å². The van der Waals surface area contributed by atoms with Crippen molar-refractivity contribution in [2.75, 3.05) is 13.2 Å². The first-order chi connectivity index (χ1) is 5.63. The molecule has 0 fully saturated rings. The van der Waals surface area contributed by atoms with Crippen molar-refractivity contribution in [3.8, 4) is 0 Å². The van der Waals surface area contributed by atoms with Crippen molar-refractivity contribution in [1.29, 1.82) is 0 Å². The summed E-state index contributed by atoms with van der Waals surface area (Å²) in [6, 6.07) is 0. The molecule has 12 heavy (non-hydrogen) atoms. The van der Waals surface area contributed by atoms with E-state index < -0.39 is 5.97 Å². The predicted molar refractivity (Wildman–Crippen MR) is 47.1 cm³/mol. The number of rotatable bonds is 7. The Balaban J connectivity index is 2.96. The van der Waals surface area contributed by atoms with Gasteiger partial charge in [0.25, 0.3) is 0 Å². The number of carbonyl (C=O) groups is 1. The van der Waals surface area contributed by atoms with E-state index in [9.17, 15) is 4.79 Å². The molecule has 0 atom stereocenters. The third-order valence-corrected chi connectivity index (χ3v) is 1.53. The summed E-state index contributed by atoms with van der Waals surface area (Å²) in [7, 11) is 0. The van der Waals surface area contributed by atoms with Crippen LogP contribution in [0, 0.1) is 5.92 Å². The van der Waals surface area contributed by atoms with Gasteiger partial charge in [-0.05, 0) is 18.8 Å². The molecule has 0 heterocycles. The largest absolute Gasteiger partial charge is 0.481 e. The molecule has 3 heteroatoms. The molecule has 0 aromatic heterocycles. The Labute approximate surface area is 73.7 Å². The second-order valence-electron chi connectivity index (χ2n) is 3.29. The molecule has 0 saturated carbocycles. The first-order valence-corrected chi connectivity index (χ1v) is 4.42. The van der Waals surface area contributed by atoms with E-state index in [1.54, 1.807) is 0 Å². The summed E-state index contributed by atoms with van der Waals surface area (Å²) in [5.74, 6) is -0.0908. The highest BCUT2D eigenvalue weighted by Gasteiger charge is 1.97. The lowest BCUT2D eigenvalue weighted by Crippen LogP contribution is -2.04. The average Bonchev–Trinajstić information content (AvgIpc) is 1.95. The summed E-state index contributed by atoms with van der Waals surface area (Å²) in [5.41, 5.74) is 0. The normalized spacial score (nSPS) is 10.6. The summed E-state index contributed by atoms with van der Waals surface area (Å²) in [5, 5.41) is 8.28. The van der Waals surface area contributed by atoms with Gasteiger partial charge in [0, 0.05) is 6.61 Å². The lowest BCUT2D eigenvalue weighted by atomic mass is 10.1. The maximum Gasteiger partial charge on any atom is 0.305 e. The minimum atomic E-state index is -0.793. The fourth-order valence-electron chi connectivity index (χ4n) is 0.855. The highest BCUT2D eigenvalue weighted by molar-refractivity contribution is 5.66. The third kappa shape index (κ3) is 9.43. The summed E-state index contributed by atoms with van der Waals surface area (Å²) in [6.45, 7) is 5.35. The van der Waals surface area contributed by atoms with Crippen molar-refractivity contribution >= 4 is 5.97 Å². The van der Waals surface area contributed by atoms with E-state index in [1.807, 2.05) is 0 Å². The van der Waals surface area contributed by atoms with Gasteiger partial charge in [0.15, 0.2) is 0 Å². The zero-order chi connectivity index (χ0) is 9.40. The molecule has 0 bridgehead atoms. The Morgan fingerprint density at radius 2 is 2.08 bits per heavy atom. The van der Waals surface area contributed by atoms with Crippen LogP contribution in [0.4, 0.5) is 0 Å². The smallest absolute Gasteiger partial charge is 0.305 e. The zero-order valence-corrected chi connectivity index (χ0v) is 7.88. The summed E-state index contributed by atoms with van der Waals surface area (Å²) in [6.07, 6.45) is 2.28. The molecule has 1 N–H and O–H groups in total. The van der Waals surface area contributed by atoms with Crippen molar-refractivity contribution in [1.82, 2.24) is 0 Å². The van der Waals surface area contributed by atoms with Crippen molar-refractivity contribution in [3.63, 3.8) is 0 Å². The third-order valence-electron chi connectivity index (χ3n) is 1.53. The number of hydrogen-bond donors (Lipinski definition) is 1. The Bertz CT molecular complexity index is 121. The standard InChI is InChI=1S/C9H18O3/c1-8(2)4-3-6-12-7-5-9(10)11/h8H,3-7H2,1-2H3,(H,10,11). The van der Waals surface area contributed by atoms with E-state index in [-0.39, 0.29) is 6.42 Å². The molecule has 72 valence electrons. The van der Waals surface area contributed by atoms with Crippen LogP contribution in [0.3, 0.4) is 0 Å². The number of aliphatic carboxylic acids is 1. The van der Waals surface area contributed by atoms with Gasteiger partial charge in [-0.1, -0.05) is 13.8 Å². The van der Waals surface area contributed by atoms with Gasteiger partial charge in [-0.25, -0.2) is 0 Å². The summed E-state index contributed by atoms with van der Waals surface area (Å²) < 4.78 is 5.11. The van der Waals surface area contributed by atoms with Crippen LogP contribution in [0.15, 0.2) is 0 Å². The van der Waals surface area contributed by atoms with Crippen LogP contribution in [0.2, 0.25) is 0 Å². The Morgan fingerprint density at radius 1 is 1.42 bits per heavy atom. The fourth-order valence-corrected chi connectivity index (χ4v) is 0.855. The zero-order valence-electron chi connectivity index (χ0n) is 7.88. The van der Waals surface area contributed by atoms with Crippen molar-refractivity contribution in [2.24, 2.45) is 5.92 Å². The topological polar surface area (TPSA) is 46.5 Å². The molecule has 0 spiro atoms. The molecule has 0 aliphatic heterocycles. The highest BCUT2D eigenvalue weighted by atomic mass is 16.5. The Hall–Kier alpha value is -0.570. The van der Waals surface area contributed by atoms with Gasteiger partial charge in [-0.3, -0.25) is 4.79 Å². The molecular weight excluding hydrogens is 156 g/mol. The molecule has 0 radical (unpaired) electrons.